The van der Waals surface area contributed by atoms with E-state index < -0.39 is 21.7 Å². The third-order valence-corrected chi connectivity index (χ3v) is 6.76. The van der Waals surface area contributed by atoms with Crippen LogP contribution in [0.25, 0.3) is 0 Å². The average molecular weight is 390 g/mol. The van der Waals surface area contributed by atoms with Gasteiger partial charge in [0.25, 0.3) is 5.91 Å². The van der Waals surface area contributed by atoms with E-state index in [1.54, 1.807) is 25.1 Å². The first-order valence-electron chi connectivity index (χ1n) is 9.05. The van der Waals surface area contributed by atoms with Crippen molar-refractivity contribution in [1.29, 1.82) is 0 Å². The summed E-state index contributed by atoms with van der Waals surface area (Å²) in [4.78, 5) is 12.7. The highest BCUT2D eigenvalue weighted by Gasteiger charge is 2.27. The maximum Gasteiger partial charge on any atom is 0.255 e. The molecule has 1 fully saturated rings. The summed E-state index contributed by atoms with van der Waals surface area (Å²) in [6, 6.07) is 10.2. The largest absolute Gasteiger partial charge is 0.322 e. The molecule has 0 aromatic heterocycles. The van der Waals surface area contributed by atoms with Gasteiger partial charge in [-0.3, -0.25) is 4.79 Å². The Morgan fingerprint density at radius 2 is 1.74 bits per heavy atom. The molecule has 0 spiro atoms. The van der Waals surface area contributed by atoms with Crippen molar-refractivity contribution in [3.05, 3.63) is 59.4 Å². The van der Waals surface area contributed by atoms with Crippen molar-refractivity contribution in [1.82, 2.24) is 4.31 Å². The van der Waals surface area contributed by atoms with Gasteiger partial charge < -0.3 is 5.32 Å². The number of sulfonamides is 1. The zero-order valence-electron chi connectivity index (χ0n) is 15.2. The van der Waals surface area contributed by atoms with Gasteiger partial charge in [0.05, 0.1) is 4.90 Å². The van der Waals surface area contributed by atoms with Crippen molar-refractivity contribution < 1.29 is 17.6 Å². The summed E-state index contributed by atoms with van der Waals surface area (Å²) >= 11 is 0. The highest BCUT2D eigenvalue weighted by Crippen LogP contribution is 2.24. The van der Waals surface area contributed by atoms with Crippen LogP contribution in [0.4, 0.5) is 10.1 Å². The fourth-order valence-corrected chi connectivity index (χ4v) is 4.98. The number of aryl methyl sites for hydroxylation is 1. The summed E-state index contributed by atoms with van der Waals surface area (Å²) in [5, 5.41) is 2.60. The molecule has 3 rings (SSSR count). The number of halogens is 1. The molecule has 2 aromatic carbocycles. The van der Waals surface area contributed by atoms with Gasteiger partial charge in [-0.05, 0) is 55.7 Å². The summed E-state index contributed by atoms with van der Waals surface area (Å²) in [6.07, 6.45) is 3.75. The van der Waals surface area contributed by atoms with Crippen LogP contribution >= 0.6 is 0 Å². The standard InChI is InChI=1S/C20H23FN2O3S/c1-15-9-10-16(20(24)22-18-8-6-7-17(21)14-18)13-19(15)27(25,26)23-11-4-2-3-5-12-23/h6-10,13-14H,2-5,11-12H2,1H3,(H,22,24). The van der Waals surface area contributed by atoms with Crippen molar-refractivity contribution in [3.8, 4) is 0 Å². The lowest BCUT2D eigenvalue weighted by Crippen LogP contribution is -2.32. The smallest absolute Gasteiger partial charge is 0.255 e. The molecule has 0 aliphatic carbocycles. The summed E-state index contributed by atoms with van der Waals surface area (Å²) in [5.41, 5.74) is 1.14. The van der Waals surface area contributed by atoms with Gasteiger partial charge in [0.1, 0.15) is 5.82 Å². The quantitative estimate of drug-likeness (QED) is 0.860. The van der Waals surface area contributed by atoms with Crippen LogP contribution < -0.4 is 5.32 Å². The van der Waals surface area contributed by atoms with E-state index in [4.69, 9.17) is 0 Å². The van der Waals surface area contributed by atoms with Crippen molar-refractivity contribution in [2.24, 2.45) is 0 Å². The Morgan fingerprint density at radius 3 is 2.41 bits per heavy atom. The molecule has 1 aliphatic rings. The van der Waals surface area contributed by atoms with E-state index in [0.29, 0.717) is 24.3 Å². The number of hydrogen-bond donors (Lipinski definition) is 1. The number of hydrogen-bond acceptors (Lipinski definition) is 3. The van der Waals surface area contributed by atoms with Crippen molar-refractivity contribution in [2.75, 3.05) is 18.4 Å². The molecule has 0 bridgehead atoms. The molecular weight excluding hydrogens is 367 g/mol. The number of carbonyl (C=O) groups is 1. The lowest BCUT2D eigenvalue weighted by Gasteiger charge is -2.21. The van der Waals surface area contributed by atoms with Gasteiger partial charge in [0, 0.05) is 24.3 Å². The minimum atomic E-state index is -3.66. The van der Waals surface area contributed by atoms with E-state index in [2.05, 4.69) is 5.32 Å². The molecule has 1 aliphatic heterocycles. The van der Waals surface area contributed by atoms with E-state index in [9.17, 15) is 17.6 Å². The molecule has 0 atom stereocenters. The topological polar surface area (TPSA) is 66.5 Å². The van der Waals surface area contributed by atoms with E-state index in [1.165, 1.54) is 28.6 Å². The van der Waals surface area contributed by atoms with Gasteiger partial charge in [0.2, 0.25) is 10.0 Å². The molecule has 27 heavy (non-hydrogen) atoms. The highest BCUT2D eigenvalue weighted by molar-refractivity contribution is 7.89. The Hall–Kier alpha value is -2.25. The lowest BCUT2D eigenvalue weighted by molar-refractivity contribution is 0.102. The third-order valence-electron chi connectivity index (χ3n) is 4.72. The Kier molecular flexibility index (Phi) is 5.92. The van der Waals surface area contributed by atoms with Crippen LogP contribution in [0.5, 0.6) is 0 Å². The average Bonchev–Trinajstić information content (AvgIpc) is 2.92. The lowest BCUT2D eigenvalue weighted by atomic mass is 10.1. The van der Waals surface area contributed by atoms with Crippen LogP contribution in [-0.2, 0) is 10.0 Å². The number of amides is 1. The molecule has 0 radical (unpaired) electrons. The van der Waals surface area contributed by atoms with Gasteiger partial charge in [-0.1, -0.05) is 25.0 Å². The molecule has 1 amide bonds. The highest BCUT2D eigenvalue weighted by atomic mass is 32.2. The first-order valence-corrected chi connectivity index (χ1v) is 10.5. The van der Waals surface area contributed by atoms with Gasteiger partial charge in [0.15, 0.2) is 0 Å². The van der Waals surface area contributed by atoms with Crippen LogP contribution in [0.2, 0.25) is 0 Å². The van der Waals surface area contributed by atoms with Crippen LogP contribution in [-0.4, -0.2) is 31.7 Å². The number of carbonyl (C=O) groups excluding carboxylic acids is 1. The Bertz CT molecular complexity index is 936. The molecule has 0 saturated carbocycles. The van der Waals surface area contributed by atoms with Crippen LogP contribution in [0.1, 0.15) is 41.6 Å². The zero-order valence-corrected chi connectivity index (χ0v) is 16.1. The van der Waals surface area contributed by atoms with Gasteiger partial charge in [-0.25, -0.2) is 12.8 Å². The first-order chi connectivity index (χ1) is 12.9. The summed E-state index contributed by atoms with van der Waals surface area (Å²) in [6.45, 7) is 2.72. The second-order valence-corrected chi connectivity index (χ2v) is 8.67. The fraction of sp³-hybridized carbons (Fsp3) is 0.350. The predicted octanol–water partition coefficient (Wildman–Crippen LogP) is 3.95. The fourth-order valence-electron chi connectivity index (χ4n) is 3.21. The molecule has 1 saturated heterocycles. The van der Waals surface area contributed by atoms with Crippen molar-refractivity contribution in [2.45, 2.75) is 37.5 Å². The number of nitrogens with zero attached hydrogens (tertiary/aromatic N) is 1. The molecule has 1 heterocycles. The first kappa shape index (κ1) is 19.5. The van der Waals surface area contributed by atoms with E-state index >= 15 is 0 Å². The second-order valence-electron chi connectivity index (χ2n) is 6.76. The molecule has 0 unspecified atom stereocenters. The van der Waals surface area contributed by atoms with E-state index in [1.807, 2.05) is 0 Å². The number of benzene rings is 2. The minimum absolute atomic E-state index is 0.149. The molecule has 144 valence electrons. The van der Waals surface area contributed by atoms with Crippen LogP contribution in [0, 0.1) is 12.7 Å². The van der Waals surface area contributed by atoms with Gasteiger partial charge in [-0.15, -0.1) is 0 Å². The summed E-state index contributed by atoms with van der Waals surface area (Å²) < 4.78 is 41.0. The zero-order chi connectivity index (χ0) is 19.4. The SMILES string of the molecule is Cc1ccc(C(=O)Nc2cccc(F)c2)cc1S(=O)(=O)N1CCCCCC1. The number of rotatable bonds is 4. The normalized spacial score (nSPS) is 15.9. The maximum atomic E-state index is 13.3. The molecule has 1 N–H and O–H groups in total. The van der Waals surface area contributed by atoms with Crippen molar-refractivity contribution >= 4 is 21.6 Å². The number of anilines is 1. The maximum absolute atomic E-state index is 13.3. The Morgan fingerprint density at radius 1 is 1.04 bits per heavy atom. The third kappa shape index (κ3) is 4.54. The van der Waals surface area contributed by atoms with E-state index in [0.717, 1.165) is 25.7 Å². The summed E-state index contributed by atoms with van der Waals surface area (Å²) in [5.74, 6) is -0.936. The van der Waals surface area contributed by atoms with Gasteiger partial charge >= 0.3 is 0 Å². The molecule has 5 nitrogen and oxygen atoms in total. The Labute approximate surface area is 159 Å². The summed E-state index contributed by atoms with van der Waals surface area (Å²) in [7, 11) is -3.66. The molecule has 2 aromatic rings. The Balaban J connectivity index is 1.88. The van der Waals surface area contributed by atoms with Gasteiger partial charge in [-0.2, -0.15) is 4.31 Å². The monoisotopic (exact) mass is 390 g/mol. The van der Waals surface area contributed by atoms with Crippen LogP contribution in [0.15, 0.2) is 47.4 Å². The molecule has 7 heteroatoms. The van der Waals surface area contributed by atoms with Crippen molar-refractivity contribution in [3.63, 3.8) is 0 Å². The second kappa shape index (κ2) is 8.19. The van der Waals surface area contributed by atoms with E-state index in [-0.39, 0.29) is 10.5 Å². The predicted molar refractivity (Wildman–Crippen MR) is 103 cm³/mol. The molecular formula is C20H23FN2O3S. The number of nitrogens with one attached hydrogen (secondary N) is 1. The minimum Gasteiger partial charge on any atom is -0.322 e. The van der Waals surface area contributed by atoms with Crippen LogP contribution in [0.3, 0.4) is 0 Å².